The van der Waals surface area contributed by atoms with Crippen LogP contribution in [-0.4, -0.2) is 47.4 Å². The van der Waals surface area contributed by atoms with Crippen molar-refractivity contribution in [1.29, 1.82) is 0 Å². The second-order valence-corrected chi connectivity index (χ2v) is 8.30. The minimum Gasteiger partial charge on any atom is -0.488 e. The molecule has 2 amide bonds. The summed E-state index contributed by atoms with van der Waals surface area (Å²) in [6, 6.07) is 7.96. The molecule has 7 heteroatoms. The first-order valence-corrected chi connectivity index (χ1v) is 10.8. The van der Waals surface area contributed by atoms with Gasteiger partial charge in [-0.25, -0.2) is 4.39 Å². The topological polar surface area (TPSA) is 49.9 Å². The van der Waals surface area contributed by atoms with E-state index in [1.54, 1.807) is 39.3 Å². The van der Waals surface area contributed by atoms with E-state index >= 15 is 0 Å². The molecule has 0 saturated carbocycles. The van der Waals surface area contributed by atoms with Gasteiger partial charge in [0.1, 0.15) is 6.61 Å². The van der Waals surface area contributed by atoms with E-state index < -0.39 is 5.82 Å². The Labute approximate surface area is 175 Å². The maximum absolute atomic E-state index is 14.0. The van der Waals surface area contributed by atoms with Gasteiger partial charge in [0.25, 0.3) is 0 Å². The maximum Gasteiger partial charge on any atom is 0.242 e. The lowest BCUT2D eigenvalue weighted by molar-refractivity contribution is -0.143. The smallest absolute Gasteiger partial charge is 0.242 e. The van der Waals surface area contributed by atoms with Crippen LogP contribution in [0.2, 0.25) is 0 Å². The van der Waals surface area contributed by atoms with Crippen LogP contribution in [0.1, 0.15) is 43.7 Å². The lowest BCUT2D eigenvalue weighted by atomic mass is 10.00. The van der Waals surface area contributed by atoms with Gasteiger partial charge in [0.05, 0.1) is 12.6 Å². The summed E-state index contributed by atoms with van der Waals surface area (Å²) >= 11 is 1.66. The Hall–Kier alpha value is -2.41. The molecule has 2 heterocycles. The summed E-state index contributed by atoms with van der Waals surface area (Å²) in [7, 11) is 0. The summed E-state index contributed by atoms with van der Waals surface area (Å²) in [5, 5.41) is 2.01. The van der Waals surface area contributed by atoms with Crippen LogP contribution in [0.3, 0.4) is 0 Å². The van der Waals surface area contributed by atoms with Crippen LogP contribution < -0.4 is 4.74 Å². The number of benzene rings is 1. The van der Waals surface area contributed by atoms with Crippen molar-refractivity contribution in [2.24, 2.45) is 0 Å². The zero-order valence-corrected chi connectivity index (χ0v) is 17.9. The summed E-state index contributed by atoms with van der Waals surface area (Å²) in [5.41, 5.74) is 1.05. The molecule has 1 aliphatic rings. The predicted molar refractivity (Wildman–Crippen MR) is 112 cm³/mol. The zero-order valence-electron chi connectivity index (χ0n) is 17.1. The lowest BCUT2D eigenvalue weighted by Gasteiger charge is -2.37. The Morgan fingerprint density at radius 2 is 2.10 bits per heavy atom. The highest BCUT2D eigenvalue weighted by Crippen LogP contribution is 2.34. The molecule has 1 aliphatic heterocycles. The number of hydrogen-bond donors (Lipinski definition) is 0. The van der Waals surface area contributed by atoms with Crippen LogP contribution in [0.15, 0.2) is 35.7 Å². The molecule has 5 nitrogen and oxygen atoms in total. The highest BCUT2D eigenvalue weighted by atomic mass is 32.1. The van der Waals surface area contributed by atoms with Gasteiger partial charge in [-0.15, -0.1) is 11.3 Å². The van der Waals surface area contributed by atoms with Gasteiger partial charge in [-0.1, -0.05) is 19.1 Å². The van der Waals surface area contributed by atoms with Crippen molar-refractivity contribution in [2.75, 3.05) is 19.7 Å². The van der Waals surface area contributed by atoms with Crippen LogP contribution >= 0.6 is 11.3 Å². The van der Waals surface area contributed by atoms with Crippen molar-refractivity contribution in [3.05, 3.63) is 52.0 Å². The summed E-state index contributed by atoms with van der Waals surface area (Å²) < 4.78 is 19.7. The normalized spacial score (nSPS) is 16.8. The number of nitrogens with zero attached hydrogens (tertiary/aromatic N) is 2. The van der Waals surface area contributed by atoms with Crippen LogP contribution in [-0.2, 0) is 16.0 Å². The van der Waals surface area contributed by atoms with E-state index in [0.29, 0.717) is 6.54 Å². The lowest BCUT2D eigenvalue weighted by Crippen LogP contribution is -2.49. The number of para-hydroxylation sites is 1. The number of carbonyl (C=O) groups is 2. The van der Waals surface area contributed by atoms with Crippen molar-refractivity contribution >= 4 is 23.2 Å². The number of ether oxygens (including phenoxy) is 1. The average Bonchev–Trinajstić information content (AvgIpc) is 3.19. The Bertz CT molecular complexity index is 869. The highest BCUT2D eigenvalue weighted by Gasteiger charge is 2.33. The molecule has 0 radical (unpaired) electrons. The van der Waals surface area contributed by atoms with E-state index in [1.165, 1.54) is 17.9 Å². The third kappa shape index (κ3) is 4.78. The van der Waals surface area contributed by atoms with Crippen LogP contribution in [0.25, 0.3) is 0 Å². The van der Waals surface area contributed by atoms with E-state index in [1.807, 2.05) is 25.3 Å². The van der Waals surface area contributed by atoms with Gasteiger partial charge in [0, 0.05) is 24.4 Å². The summed E-state index contributed by atoms with van der Waals surface area (Å²) in [6.45, 7) is 6.20. The summed E-state index contributed by atoms with van der Waals surface area (Å²) in [4.78, 5) is 29.8. The Morgan fingerprint density at radius 3 is 2.79 bits per heavy atom. The van der Waals surface area contributed by atoms with Gasteiger partial charge >= 0.3 is 0 Å². The number of rotatable bonds is 7. The molecule has 2 aromatic rings. The zero-order chi connectivity index (χ0) is 21.0. The quantitative estimate of drug-likeness (QED) is 0.682. The highest BCUT2D eigenvalue weighted by molar-refractivity contribution is 7.10. The second-order valence-electron chi connectivity index (χ2n) is 7.30. The molecular formula is C22H27FN2O3S. The Kier molecular flexibility index (Phi) is 6.90. The maximum atomic E-state index is 14.0. The largest absolute Gasteiger partial charge is 0.488 e. The van der Waals surface area contributed by atoms with Gasteiger partial charge in [-0.2, -0.15) is 0 Å². The van der Waals surface area contributed by atoms with E-state index in [2.05, 4.69) is 0 Å². The SMILES string of the molecule is CC[C@H](C)N(CC(=O)N1CCc2sccc2[C@@H]1COc1ccccc1F)C(C)=O. The van der Waals surface area contributed by atoms with Gasteiger partial charge in [-0.05, 0) is 48.9 Å². The standard InChI is InChI=1S/C22H27FN2O3S/c1-4-15(2)25(16(3)26)13-22(27)24-11-9-21-17(10-12-29-21)19(24)14-28-20-8-6-5-7-18(20)23/h5-8,10,12,15,19H,4,9,11,13-14H2,1-3H3/t15-,19-/m0/s1. The molecule has 0 bridgehead atoms. The van der Waals surface area contributed by atoms with Crippen LogP contribution in [0.5, 0.6) is 5.75 Å². The van der Waals surface area contributed by atoms with Crippen LogP contribution in [0, 0.1) is 5.82 Å². The van der Waals surface area contributed by atoms with E-state index in [4.69, 9.17) is 4.74 Å². The first kappa shape index (κ1) is 21.3. The van der Waals surface area contributed by atoms with Crippen molar-refractivity contribution in [3.63, 3.8) is 0 Å². The average molecular weight is 419 g/mol. The van der Waals surface area contributed by atoms with Crippen molar-refractivity contribution < 1.29 is 18.7 Å². The first-order valence-electron chi connectivity index (χ1n) is 9.92. The number of fused-ring (bicyclic) bond motifs is 1. The first-order chi connectivity index (χ1) is 13.9. The fourth-order valence-corrected chi connectivity index (χ4v) is 4.57. The molecule has 0 unspecified atom stereocenters. The molecule has 0 spiro atoms. The fourth-order valence-electron chi connectivity index (χ4n) is 3.64. The predicted octanol–water partition coefficient (Wildman–Crippen LogP) is 4.04. The number of halogens is 1. The van der Waals surface area contributed by atoms with Crippen molar-refractivity contribution in [2.45, 2.75) is 45.7 Å². The minimum atomic E-state index is -0.425. The molecule has 1 aromatic carbocycles. The summed E-state index contributed by atoms with van der Waals surface area (Å²) in [6.07, 6.45) is 1.56. The third-order valence-corrected chi connectivity index (χ3v) is 6.48. The van der Waals surface area contributed by atoms with Crippen molar-refractivity contribution in [1.82, 2.24) is 9.80 Å². The minimum absolute atomic E-state index is 0.00827. The molecule has 0 fully saturated rings. The van der Waals surface area contributed by atoms with Gasteiger partial charge in [0.15, 0.2) is 11.6 Å². The van der Waals surface area contributed by atoms with Crippen LogP contribution in [0.4, 0.5) is 4.39 Å². The van der Waals surface area contributed by atoms with E-state index in [-0.39, 0.29) is 42.8 Å². The monoisotopic (exact) mass is 418 g/mol. The number of thiophene rings is 1. The third-order valence-electron chi connectivity index (χ3n) is 5.48. The van der Waals surface area contributed by atoms with Gasteiger partial charge < -0.3 is 14.5 Å². The number of carbonyl (C=O) groups excluding carboxylic acids is 2. The molecule has 3 rings (SSSR count). The van der Waals surface area contributed by atoms with Crippen molar-refractivity contribution in [3.8, 4) is 5.75 Å². The van der Waals surface area contributed by atoms with E-state index in [9.17, 15) is 14.0 Å². The molecule has 29 heavy (non-hydrogen) atoms. The molecule has 0 N–H and O–H groups in total. The molecule has 156 valence electrons. The molecule has 2 atom stereocenters. The number of hydrogen-bond acceptors (Lipinski definition) is 4. The Balaban J connectivity index is 1.79. The van der Waals surface area contributed by atoms with Gasteiger partial charge in [0.2, 0.25) is 11.8 Å². The number of amides is 2. The van der Waals surface area contributed by atoms with Gasteiger partial charge in [-0.3, -0.25) is 9.59 Å². The Morgan fingerprint density at radius 1 is 1.34 bits per heavy atom. The molecule has 0 aliphatic carbocycles. The second kappa shape index (κ2) is 9.39. The fraction of sp³-hybridized carbons (Fsp3) is 0.455. The summed E-state index contributed by atoms with van der Waals surface area (Å²) in [5.74, 6) is -0.474. The molecule has 1 aromatic heterocycles. The molecule has 0 saturated heterocycles. The molecular weight excluding hydrogens is 391 g/mol. The van der Waals surface area contributed by atoms with E-state index in [0.717, 1.165) is 18.4 Å².